The van der Waals surface area contributed by atoms with Crippen LogP contribution in [0.15, 0.2) is 37.0 Å². The summed E-state index contributed by atoms with van der Waals surface area (Å²) in [5, 5.41) is 0. The molecule has 68 valence electrons. The van der Waals surface area contributed by atoms with E-state index in [1.165, 1.54) is 32.1 Å². The van der Waals surface area contributed by atoms with E-state index in [9.17, 15) is 0 Å². The standard InChI is InChI=1S/C12H20/c1-3-5-7-9-11-12-10-8-6-4-2/h3,5,7,9,11H,1,4,6,8,10,12H2,2H3/b7-5-,11-9-. The van der Waals surface area contributed by atoms with Crippen molar-refractivity contribution in [1.29, 1.82) is 0 Å². The van der Waals surface area contributed by atoms with Crippen LogP contribution in [0.1, 0.15) is 39.0 Å². The highest BCUT2D eigenvalue weighted by Crippen LogP contribution is 2.02. The van der Waals surface area contributed by atoms with Gasteiger partial charge in [0.05, 0.1) is 0 Å². The van der Waals surface area contributed by atoms with Gasteiger partial charge >= 0.3 is 0 Å². The van der Waals surface area contributed by atoms with Crippen LogP contribution in [-0.4, -0.2) is 0 Å². The van der Waals surface area contributed by atoms with Gasteiger partial charge in [0.1, 0.15) is 0 Å². The molecule has 12 heavy (non-hydrogen) atoms. The zero-order valence-corrected chi connectivity index (χ0v) is 8.13. The van der Waals surface area contributed by atoms with Crippen LogP contribution in [0, 0.1) is 0 Å². The normalized spacial score (nSPS) is 11.4. The van der Waals surface area contributed by atoms with Gasteiger partial charge in [-0.15, -0.1) is 0 Å². The van der Waals surface area contributed by atoms with Gasteiger partial charge in [-0.2, -0.15) is 0 Å². The summed E-state index contributed by atoms with van der Waals surface area (Å²) < 4.78 is 0. The third kappa shape index (κ3) is 9.22. The molecule has 0 saturated carbocycles. The average molecular weight is 164 g/mol. The van der Waals surface area contributed by atoms with E-state index in [0.717, 1.165) is 0 Å². The van der Waals surface area contributed by atoms with Crippen molar-refractivity contribution in [2.24, 2.45) is 0 Å². The molecular weight excluding hydrogens is 144 g/mol. The minimum Gasteiger partial charge on any atom is -0.0991 e. The minimum absolute atomic E-state index is 1.21. The fraction of sp³-hybridized carbons (Fsp3) is 0.500. The van der Waals surface area contributed by atoms with E-state index in [-0.39, 0.29) is 0 Å². The third-order valence-electron chi connectivity index (χ3n) is 1.72. The van der Waals surface area contributed by atoms with Gasteiger partial charge in [0, 0.05) is 0 Å². The smallest absolute Gasteiger partial charge is 0.0348 e. The van der Waals surface area contributed by atoms with Gasteiger partial charge in [0.2, 0.25) is 0 Å². The van der Waals surface area contributed by atoms with Crippen LogP contribution < -0.4 is 0 Å². The maximum atomic E-state index is 3.60. The molecule has 0 aliphatic carbocycles. The SMILES string of the molecule is C=C/C=C\C=C/CCCCCC. The molecule has 0 rings (SSSR count). The summed E-state index contributed by atoms with van der Waals surface area (Å²) >= 11 is 0. The Morgan fingerprint density at radius 1 is 1.00 bits per heavy atom. The highest BCUT2D eigenvalue weighted by molar-refractivity contribution is 5.08. The Morgan fingerprint density at radius 2 is 1.83 bits per heavy atom. The lowest BCUT2D eigenvalue weighted by molar-refractivity contribution is 0.674. The van der Waals surface area contributed by atoms with Crippen LogP contribution >= 0.6 is 0 Å². The predicted molar refractivity (Wildman–Crippen MR) is 57.2 cm³/mol. The molecule has 0 nitrogen and oxygen atoms in total. The average Bonchev–Trinajstić information content (AvgIpc) is 2.10. The first-order chi connectivity index (χ1) is 5.91. The molecule has 0 aliphatic heterocycles. The molecule has 0 bridgehead atoms. The summed E-state index contributed by atoms with van der Waals surface area (Å²) in [5.41, 5.74) is 0. The molecular formula is C12H20. The highest BCUT2D eigenvalue weighted by atomic mass is 13.9. The summed E-state index contributed by atoms with van der Waals surface area (Å²) in [6, 6.07) is 0. The Hall–Kier alpha value is -0.780. The molecule has 0 aliphatic rings. The topological polar surface area (TPSA) is 0 Å². The number of hydrogen-bond acceptors (Lipinski definition) is 0. The zero-order valence-electron chi connectivity index (χ0n) is 8.13. The number of allylic oxidation sites excluding steroid dienone is 5. The second-order valence-electron chi connectivity index (χ2n) is 2.90. The van der Waals surface area contributed by atoms with Crippen molar-refractivity contribution in [3.63, 3.8) is 0 Å². The van der Waals surface area contributed by atoms with E-state index in [1.807, 2.05) is 12.2 Å². The predicted octanol–water partition coefficient (Wildman–Crippen LogP) is 4.26. The van der Waals surface area contributed by atoms with E-state index in [0.29, 0.717) is 0 Å². The van der Waals surface area contributed by atoms with E-state index >= 15 is 0 Å². The number of unbranched alkanes of at least 4 members (excludes halogenated alkanes) is 4. The van der Waals surface area contributed by atoms with Gasteiger partial charge in [-0.3, -0.25) is 0 Å². The molecule has 0 spiro atoms. The molecule has 0 N–H and O–H groups in total. The van der Waals surface area contributed by atoms with E-state index in [1.54, 1.807) is 6.08 Å². The summed E-state index contributed by atoms with van der Waals surface area (Å²) in [7, 11) is 0. The summed E-state index contributed by atoms with van der Waals surface area (Å²) in [6.07, 6.45) is 16.7. The fourth-order valence-electron chi connectivity index (χ4n) is 1.01. The molecule has 0 aromatic rings. The number of hydrogen-bond donors (Lipinski definition) is 0. The van der Waals surface area contributed by atoms with Crippen molar-refractivity contribution in [2.75, 3.05) is 0 Å². The Labute approximate surface area is 76.7 Å². The molecule has 0 amide bonds. The van der Waals surface area contributed by atoms with Crippen molar-refractivity contribution in [3.05, 3.63) is 37.0 Å². The van der Waals surface area contributed by atoms with E-state index in [4.69, 9.17) is 0 Å². The van der Waals surface area contributed by atoms with Crippen molar-refractivity contribution in [3.8, 4) is 0 Å². The molecule has 0 saturated heterocycles. The first-order valence-corrected chi connectivity index (χ1v) is 4.86. The molecule has 0 atom stereocenters. The molecule has 0 fully saturated rings. The summed E-state index contributed by atoms with van der Waals surface area (Å²) in [5.74, 6) is 0. The van der Waals surface area contributed by atoms with Gasteiger partial charge in [0.25, 0.3) is 0 Å². The van der Waals surface area contributed by atoms with E-state index < -0.39 is 0 Å². The van der Waals surface area contributed by atoms with Crippen LogP contribution in [0.5, 0.6) is 0 Å². The second kappa shape index (κ2) is 10.2. The van der Waals surface area contributed by atoms with Crippen LogP contribution in [0.3, 0.4) is 0 Å². The second-order valence-corrected chi connectivity index (χ2v) is 2.90. The van der Waals surface area contributed by atoms with Crippen molar-refractivity contribution in [1.82, 2.24) is 0 Å². The lowest BCUT2D eigenvalue weighted by Gasteiger charge is -1.92. The van der Waals surface area contributed by atoms with Gasteiger partial charge in [-0.25, -0.2) is 0 Å². The Balaban J connectivity index is 3.13. The van der Waals surface area contributed by atoms with Crippen molar-refractivity contribution in [2.45, 2.75) is 39.0 Å². The van der Waals surface area contributed by atoms with E-state index in [2.05, 4.69) is 25.7 Å². The molecule has 0 aromatic carbocycles. The largest absolute Gasteiger partial charge is 0.0991 e. The highest BCUT2D eigenvalue weighted by Gasteiger charge is 1.82. The van der Waals surface area contributed by atoms with Crippen LogP contribution in [0.25, 0.3) is 0 Å². The zero-order chi connectivity index (χ0) is 9.07. The fourth-order valence-corrected chi connectivity index (χ4v) is 1.01. The van der Waals surface area contributed by atoms with Gasteiger partial charge < -0.3 is 0 Å². The molecule has 0 radical (unpaired) electrons. The minimum atomic E-state index is 1.21. The lowest BCUT2D eigenvalue weighted by atomic mass is 10.1. The first kappa shape index (κ1) is 11.2. The van der Waals surface area contributed by atoms with Crippen LogP contribution in [0.2, 0.25) is 0 Å². The lowest BCUT2D eigenvalue weighted by Crippen LogP contribution is -1.72. The van der Waals surface area contributed by atoms with Gasteiger partial charge in [-0.1, -0.05) is 63.1 Å². The Morgan fingerprint density at radius 3 is 2.50 bits per heavy atom. The molecule has 0 unspecified atom stereocenters. The van der Waals surface area contributed by atoms with Crippen molar-refractivity contribution < 1.29 is 0 Å². The monoisotopic (exact) mass is 164 g/mol. The third-order valence-corrected chi connectivity index (χ3v) is 1.72. The van der Waals surface area contributed by atoms with Crippen LogP contribution in [0.4, 0.5) is 0 Å². The first-order valence-electron chi connectivity index (χ1n) is 4.86. The maximum Gasteiger partial charge on any atom is -0.0348 e. The number of rotatable bonds is 7. The quantitative estimate of drug-likeness (QED) is 0.389. The molecule has 0 heterocycles. The van der Waals surface area contributed by atoms with Gasteiger partial charge in [0.15, 0.2) is 0 Å². The van der Waals surface area contributed by atoms with Crippen LogP contribution in [-0.2, 0) is 0 Å². The summed E-state index contributed by atoms with van der Waals surface area (Å²) in [6.45, 7) is 5.84. The Bertz CT molecular complexity index is 140. The molecule has 0 aromatic heterocycles. The Kier molecular flexibility index (Phi) is 9.56. The maximum absolute atomic E-state index is 3.60. The van der Waals surface area contributed by atoms with Gasteiger partial charge in [-0.05, 0) is 12.8 Å². The molecule has 0 heteroatoms. The summed E-state index contributed by atoms with van der Waals surface area (Å²) in [4.78, 5) is 0. The van der Waals surface area contributed by atoms with Crippen molar-refractivity contribution >= 4 is 0 Å².